The van der Waals surface area contributed by atoms with Crippen molar-refractivity contribution in [2.45, 2.75) is 32.6 Å². The zero-order chi connectivity index (χ0) is 18.3. The molecule has 27 heavy (non-hydrogen) atoms. The number of hydrogen-bond donors (Lipinski definition) is 0. The van der Waals surface area contributed by atoms with Gasteiger partial charge in [0.15, 0.2) is 0 Å². The quantitative estimate of drug-likeness (QED) is 0.714. The second-order valence-corrected chi connectivity index (χ2v) is 7.74. The summed E-state index contributed by atoms with van der Waals surface area (Å²) in [4.78, 5) is 15.4. The summed E-state index contributed by atoms with van der Waals surface area (Å²) in [6, 6.07) is 15.3. The second-order valence-electron chi connectivity index (χ2n) is 7.74. The molecule has 0 N–H and O–H groups in total. The van der Waals surface area contributed by atoms with Gasteiger partial charge in [0.1, 0.15) is 0 Å². The van der Waals surface area contributed by atoms with Crippen LogP contribution in [0, 0.1) is 5.92 Å². The first-order valence-electron chi connectivity index (χ1n) is 9.49. The summed E-state index contributed by atoms with van der Waals surface area (Å²) in [6.45, 7) is 6.57. The molecule has 136 valence electrons. The summed E-state index contributed by atoms with van der Waals surface area (Å²) < 4.78 is 0. The topological polar surface area (TPSA) is 46.6 Å². The number of benzene rings is 2. The Kier molecular flexibility index (Phi) is 6.19. The number of aryl methyl sites for hydroxylation is 1. The third-order valence-corrected chi connectivity index (χ3v) is 5.61. The van der Waals surface area contributed by atoms with Gasteiger partial charge in [0.25, 0.3) is 0 Å². The Balaban J connectivity index is 0.00000210. The largest absolute Gasteiger partial charge is 1.00 e. The molecule has 0 spiro atoms. The summed E-state index contributed by atoms with van der Waals surface area (Å²) in [6.07, 6.45) is 2.28. The first-order chi connectivity index (χ1) is 12.5. The molecule has 5 heteroatoms. The maximum atomic E-state index is 10.9. The standard InChI is InChI=1S/C22H26N2O2.Na/c1-15(2)16-8-9-21-17(11-16)5-4-10-24(21)20-7-3-6-19(12-20)23-13-18(14-23)22(25)26;/h3,6-9,11-12,15,18H,4-5,10,13-14H2,1-2H3,(H,25,26);/q;+1/p-1. The first-order valence-corrected chi connectivity index (χ1v) is 9.49. The van der Waals surface area contributed by atoms with Crippen LogP contribution in [-0.2, 0) is 11.2 Å². The summed E-state index contributed by atoms with van der Waals surface area (Å²) in [7, 11) is 0. The average Bonchev–Trinajstić information content (AvgIpc) is 2.59. The van der Waals surface area contributed by atoms with E-state index < -0.39 is 5.97 Å². The van der Waals surface area contributed by atoms with Crippen LogP contribution in [0.15, 0.2) is 42.5 Å². The molecule has 4 nitrogen and oxygen atoms in total. The molecule has 0 aliphatic carbocycles. The van der Waals surface area contributed by atoms with E-state index in [2.05, 4.69) is 66.1 Å². The molecule has 0 radical (unpaired) electrons. The fraction of sp³-hybridized carbons (Fsp3) is 0.409. The summed E-state index contributed by atoms with van der Waals surface area (Å²) >= 11 is 0. The Hall–Kier alpha value is -1.49. The first kappa shape index (κ1) is 20.2. The van der Waals surface area contributed by atoms with Crippen LogP contribution >= 0.6 is 0 Å². The van der Waals surface area contributed by atoms with Crippen molar-refractivity contribution in [1.29, 1.82) is 0 Å². The third-order valence-electron chi connectivity index (χ3n) is 5.61. The monoisotopic (exact) mass is 372 g/mol. The van der Waals surface area contributed by atoms with Crippen molar-refractivity contribution < 1.29 is 39.5 Å². The van der Waals surface area contributed by atoms with Crippen LogP contribution in [0.4, 0.5) is 17.1 Å². The molecule has 2 aromatic carbocycles. The van der Waals surface area contributed by atoms with Gasteiger partial charge < -0.3 is 19.7 Å². The molecule has 2 aliphatic heterocycles. The van der Waals surface area contributed by atoms with E-state index in [0.717, 1.165) is 25.1 Å². The Labute approximate surface area is 183 Å². The zero-order valence-electron chi connectivity index (χ0n) is 16.4. The van der Waals surface area contributed by atoms with E-state index in [4.69, 9.17) is 0 Å². The maximum absolute atomic E-state index is 10.9. The van der Waals surface area contributed by atoms with Crippen molar-refractivity contribution in [2.75, 3.05) is 29.4 Å². The molecule has 1 saturated heterocycles. The minimum atomic E-state index is -0.941. The molecule has 0 unspecified atom stereocenters. The van der Waals surface area contributed by atoms with Crippen molar-refractivity contribution in [3.63, 3.8) is 0 Å². The van der Waals surface area contributed by atoms with Gasteiger partial charge in [-0.2, -0.15) is 0 Å². The molecule has 4 rings (SSSR count). The summed E-state index contributed by atoms with van der Waals surface area (Å²) in [5.41, 5.74) is 6.39. The fourth-order valence-electron chi connectivity index (χ4n) is 3.94. The Morgan fingerprint density at radius 1 is 1.11 bits per heavy atom. The van der Waals surface area contributed by atoms with E-state index in [0.29, 0.717) is 19.0 Å². The second kappa shape index (κ2) is 8.26. The van der Waals surface area contributed by atoms with Crippen molar-refractivity contribution in [3.8, 4) is 0 Å². The van der Waals surface area contributed by atoms with Crippen LogP contribution in [0.3, 0.4) is 0 Å². The summed E-state index contributed by atoms with van der Waals surface area (Å²) in [5.74, 6) is -0.741. The van der Waals surface area contributed by atoms with Gasteiger partial charge >= 0.3 is 29.6 Å². The number of carbonyl (C=O) groups is 1. The molecule has 2 aliphatic rings. The molecule has 0 amide bonds. The number of hydrogen-bond acceptors (Lipinski definition) is 4. The van der Waals surface area contributed by atoms with Gasteiger partial charge in [-0.3, -0.25) is 0 Å². The Morgan fingerprint density at radius 3 is 2.56 bits per heavy atom. The van der Waals surface area contributed by atoms with Crippen molar-refractivity contribution in [2.24, 2.45) is 5.92 Å². The minimum absolute atomic E-state index is 0. The zero-order valence-corrected chi connectivity index (χ0v) is 18.4. The number of carboxylic acids is 1. The fourth-order valence-corrected chi connectivity index (χ4v) is 3.94. The van der Waals surface area contributed by atoms with E-state index in [1.54, 1.807) is 0 Å². The molecular weight excluding hydrogens is 347 g/mol. The van der Waals surface area contributed by atoms with E-state index in [1.807, 2.05) is 0 Å². The van der Waals surface area contributed by atoms with Gasteiger partial charge in [0.05, 0.1) is 0 Å². The van der Waals surface area contributed by atoms with Crippen LogP contribution in [0.25, 0.3) is 0 Å². The molecule has 2 heterocycles. The van der Waals surface area contributed by atoms with Crippen LogP contribution in [-0.4, -0.2) is 25.6 Å². The Morgan fingerprint density at radius 2 is 1.85 bits per heavy atom. The van der Waals surface area contributed by atoms with Crippen LogP contribution < -0.4 is 44.5 Å². The predicted molar refractivity (Wildman–Crippen MR) is 103 cm³/mol. The SMILES string of the molecule is CC(C)c1ccc2c(c1)CCCN2c1cccc(N2CC(C(=O)[O-])C2)c1.[Na+]. The van der Waals surface area contributed by atoms with Gasteiger partial charge in [0.2, 0.25) is 0 Å². The number of rotatable bonds is 4. The summed E-state index contributed by atoms with van der Waals surface area (Å²) in [5, 5.41) is 10.9. The van der Waals surface area contributed by atoms with E-state index >= 15 is 0 Å². The molecule has 0 atom stereocenters. The maximum Gasteiger partial charge on any atom is 1.00 e. The minimum Gasteiger partial charge on any atom is -0.550 e. The Bertz CT molecular complexity index is 831. The van der Waals surface area contributed by atoms with Crippen LogP contribution in [0.1, 0.15) is 37.3 Å². The number of aliphatic carboxylic acids is 1. The number of nitrogens with zero attached hydrogens (tertiary/aromatic N) is 2. The number of carbonyl (C=O) groups excluding carboxylic acids is 1. The molecule has 2 aromatic rings. The number of anilines is 3. The normalized spacial score (nSPS) is 16.6. The van der Waals surface area contributed by atoms with Gasteiger partial charge in [-0.25, -0.2) is 0 Å². The van der Waals surface area contributed by atoms with E-state index in [-0.39, 0.29) is 35.5 Å². The van der Waals surface area contributed by atoms with Crippen molar-refractivity contribution >= 4 is 23.0 Å². The molecule has 0 saturated carbocycles. The predicted octanol–water partition coefficient (Wildman–Crippen LogP) is 0.0844. The molecule has 1 fully saturated rings. The van der Waals surface area contributed by atoms with Crippen LogP contribution in [0.2, 0.25) is 0 Å². The number of fused-ring (bicyclic) bond motifs is 1. The van der Waals surface area contributed by atoms with Gasteiger partial charge in [-0.15, -0.1) is 0 Å². The van der Waals surface area contributed by atoms with E-state index in [9.17, 15) is 9.90 Å². The van der Waals surface area contributed by atoms with Gasteiger partial charge in [0, 0.05) is 48.6 Å². The molecular formula is C22H25N2NaO2. The van der Waals surface area contributed by atoms with Crippen molar-refractivity contribution in [3.05, 3.63) is 53.6 Å². The smallest absolute Gasteiger partial charge is 0.550 e. The third kappa shape index (κ3) is 4.03. The average molecular weight is 372 g/mol. The molecule has 0 bridgehead atoms. The van der Waals surface area contributed by atoms with Gasteiger partial charge in [-0.1, -0.05) is 32.0 Å². The van der Waals surface area contributed by atoms with Gasteiger partial charge in [-0.05, 0) is 54.2 Å². The van der Waals surface area contributed by atoms with E-state index in [1.165, 1.54) is 22.5 Å². The number of carboxylic acid groups (broad SMARTS) is 1. The molecule has 0 aromatic heterocycles. The van der Waals surface area contributed by atoms with Crippen LogP contribution in [0.5, 0.6) is 0 Å². The van der Waals surface area contributed by atoms with Crippen molar-refractivity contribution in [1.82, 2.24) is 0 Å².